The topological polar surface area (TPSA) is 33.5 Å². The molecular weight excluding hydrogens is 945 g/mol. The fraction of sp³-hybridized carbons (Fsp3) is 0.243. The molecule has 76 heavy (non-hydrogen) atoms. The predicted molar refractivity (Wildman–Crippen MR) is 326 cm³/mol. The minimum absolute atomic E-state index is 0.0471. The molecule has 0 amide bonds. The Morgan fingerprint density at radius 3 is 1.67 bits per heavy atom. The standard InChI is InChI=1S/C70H68N4OS/c1-67(2,3)46-28-24-44(25-29-46)53-19-17-20-54(45-26-30-47(31-27-45)68(4,5)6)65(53)73-43-72(58-21-14-15-22-59(58)73)50-38-49(70(10,11)12)39-52(41-50)75-51-32-33-57-61(42-51)74(63-40-48(36-37-71-63)69(7,8)9)60-35-34-56-55-18-13-16-23-62(55)76-66(56)64(57)60/h13-42H,43H2,1-12H3. The summed E-state index contributed by atoms with van der Waals surface area (Å²) < 4.78 is 12.1. The molecule has 380 valence electrons. The highest BCUT2D eigenvalue weighted by Crippen LogP contribution is 2.52. The number of ether oxygens (including phenoxy) is 1. The quantitative estimate of drug-likeness (QED) is 0.159. The number of hydrogen-bond acceptors (Lipinski definition) is 5. The molecule has 0 spiro atoms. The maximum atomic E-state index is 7.17. The first kappa shape index (κ1) is 49.2. The summed E-state index contributed by atoms with van der Waals surface area (Å²) in [5.41, 5.74) is 16.5. The van der Waals surface area contributed by atoms with Crippen LogP contribution >= 0.6 is 11.3 Å². The zero-order valence-electron chi connectivity index (χ0n) is 46.1. The molecule has 0 fully saturated rings. The molecular formula is C70H68N4OS. The van der Waals surface area contributed by atoms with Crippen LogP contribution < -0.4 is 14.5 Å². The lowest BCUT2D eigenvalue weighted by molar-refractivity contribution is 0.479. The van der Waals surface area contributed by atoms with Crippen LogP contribution in [0.1, 0.15) is 105 Å². The first-order valence-electron chi connectivity index (χ1n) is 26.9. The van der Waals surface area contributed by atoms with Gasteiger partial charge in [-0.25, -0.2) is 4.98 Å². The lowest BCUT2D eigenvalue weighted by Gasteiger charge is -2.29. The molecule has 0 saturated carbocycles. The summed E-state index contributed by atoms with van der Waals surface area (Å²) in [5, 5.41) is 4.99. The van der Waals surface area contributed by atoms with Crippen LogP contribution in [0.5, 0.6) is 11.5 Å². The first-order chi connectivity index (χ1) is 36.2. The molecule has 0 radical (unpaired) electrons. The predicted octanol–water partition coefficient (Wildman–Crippen LogP) is 20.1. The number of aromatic nitrogens is 2. The minimum atomic E-state index is -0.166. The Kier molecular flexibility index (Phi) is 11.6. The highest BCUT2D eigenvalue weighted by atomic mass is 32.1. The van der Waals surface area contributed by atoms with Gasteiger partial charge in [0.05, 0.1) is 28.1 Å². The molecule has 11 aromatic rings. The van der Waals surface area contributed by atoms with E-state index in [1.165, 1.54) is 81.1 Å². The Morgan fingerprint density at radius 1 is 0.447 bits per heavy atom. The number of para-hydroxylation sites is 3. The van der Waals surface area contributed by atoms with Crippen LogP contribution in [0, 0.1) is 0 Å². The van der Waals surface area contributed by atoms with Gasteiger partial charge < -0.3 is 14.5 Å². The zero-order chi connectivity index (χ0) is 53.1. The van der Waals surface area contributed by atoms with Crippen LogP contribution in [-0.4, -0.2) is 16.2 Å². The highest BCUT2D eigenvalue weighted by Gasteiger charge is 2.33. The third-order valence-electron chi connectivity index (χ3n) is 15.6. The third-order valence-corrected chi connectivity index (χ3v) is 16.8. The molecule has 6 heteroatoms. The molecule has 12 rings (SSSR count). The number of anilines is 4. The molecule has 0 atom stereocenters. The van der Waals surface area contributed by atoms with Gasteiger partial charge in [0.1, 0.15) is 24.0 Å². The number of fused-ring (bicyclic) bond motifs is 8. The molecule has 1 aliphatic rings. The smallest absolute Gasteiger partial charge is 0.137 e. The van der Waals surface area contributed by atoms with Gasteiger partial charge in [-0.1, -0.05) is 186 Å². The first-order valence-corrected chi connectivity index (χ1v) is 27.7. The van der Waals surface area contributed by atoms with E-state index >= 15 is 0 Å². The van der Waals surface area contributed by atoms with E-state index in [9.17, 15) is 0 Å². The van der Waals surface area contributed by atoms with Crippen molar-refractivity contribution in [2.45, 2.75) is 105 Å². The van der Waals surface area contributed by atoms with Gasteiger partial charge in [-0.2, -0.15) is 0 Å². The average Bonchev–Trinajstić information content (AvgIpc) is 4.08. The fourth-order valence-corrected chi connectivity index (χ4v) is 12.4. The number of nitrogens with zero attached hydrogens (tertiary/aromatic N) is 4. The molecule has 0 saturated heterocycles. The lowest BCUT2D eigenvalue weighted by atomic mass is 9.85. The normalized spacial score (nSPS) is 13.4. The van der Waals surface area contributed by atoms with E-state index in [1.54, 1.807) is 0 Å². The summed E-state index contributed by atoms with van der Waals surface area (Å²) in [4.78, 5) is 10.1. The van der Waals surface area contributed by atoms with Gasteiger partial charge in [0.25, 0.3) is 0 Å². The van der Waals surface area contributed by atoms with Gasteiger partial charge in [0.2, 0.25) is 0 Å². The number of benzene rings is 8. The number of rotatable bonds is 7. The van der Waals surface area contributed by atoms with Gasteiger partial charge in [0.15, 0.2) is 0 Å². The second-order valence-corrected chi connectivity index (χ2v) is 26.1. The van der Waals surface area contributed by atoms with Crippen molar-refractivity contribution in [1.29, 1.82) is 0 Å². The summed E-state index contributed by atoms with van der Waals surface area (Å²) in [6.45, 7) is 27.9. The van der Waals surface area contributed by atoms with Gasteiger partial charge in [-0.3, -0.25) is 4.57 Å². The van der Waals surface area contributed by atoms with Gasteiger partial charge >= 0.3 is 0 Å². The van der Waals surface area contributed by atoms with E-state index in [4.69, 9.17) is 9.72 Å². The van der Waals surface area contributed by atoms with Crippen molar-refractivity contribution in [3.8, 4) is 39.6 Å². The molecule has 0 bridgehead atoms. The van der Waals surface area contributed by atoms with Gasteiger partial charge in [-0.15, -0.1) is 11.3 Å². The molecule has 1 aliphatic heterocycles. The maximum absolute atomic E-state index is 7.17. The largest absolute Gasteiger partial charge is 0.457 e. The monoisotopic (exact) mass is 1010 g/mol. The minimum Gasteiger partial charge on any atom is -0.457 e. The Balaban J connectivity index is 0.989. The summed E-state index contributed by atoms with van der Waals surface area (Å²) >= 11 is 1.87. The Labute approximate surface area is 453 Å². The van der Waals surface area contributed by atoms with Crippen molar-refractivity contribution in [2.24, 2.45) is 0 Å². The van der Waals surface area contributed by atoms with E-state index < -0.39 is 0 Å². The van der Waals surface area contributed by atoms with E-state index in [1.807, 2.05) is 17.5 Å². The van der Waals surface area contributed by atoms with Crippen molar-refractivity contribution in [2.75, 3.05) is 16.5 Å². The maximum Gasteiger partial charge on any atom is 0.137 e. The van der Waals surface area contributed by atoms with Crippen LogP contribution in [0.4, 0.5) is 22.7 Å². The fourth-order valence-electron chi connectivity index (χ4n) is 11.2. The summed E-state index contributed by atoms with van der Waals surface area (Å²) in [7, 11) is 0. The van der Waals surface area contributed by atoms with Crippen molar-refractivity contribution < 1.29 is 4.74 Å². The van der Waals surface area contributed by atoms with E-state index in [0.29, 0.717) is 6.67 Å². The van der Waals surface area contributed by atoms with E-state index in [2.05, 4.69) is 273 Å². The van der Waals surface area contributed by atoms with Crippen LogP contribution in [0.2, 0.25) is 0 Å². The van der Waals surface area contributed by atoms with Crippen LogP contribution in [0.25, 0.3) is 70.0 Å². The molecule has 8 aromatic carbocycles. The third kappa shape index (κ3) is 8.71. The number of thiophene rings is 1. The number of pyridine rings is 1. The second kappa shape index (κ2) is 18.0. The average molecular weight is 1010 g/mol. The zero-order valence-corrected chi connectivity index (χ0v) is 46.9. The van der Waals surface area contributed by atoms with Crippen molar-refractivity contribution in [3.05, 3.63) is 204 Å². The Bertz CT molecular complexity index is 3960. The Morgan fingerprint density at radius 2 is 1.04 bits per heavy atom. The van der Waals surface area contributed by atoms with Crippen molar-refractivity contribution in [3.63, 3.8) is 0 Å². The van der Waals surface area contributed by atoms with Crippen molar-refractivity contribution >= 4 is 76.1 Å². The number of hydrogen-bond donors (Lipinski definition) is 0. The summed E-state index contributed by atoms with van der Waals surface area (Å²) in [6, 6.07) is 65.3. The lowest BCUT2D eigenvalue weighted by Crippen LogP contribution is -2.25. The van der Waals surface area contributed by atoms with Crippen molar-refractivity contribution in [1.82, 2.24) is 9.55 Å². The second-order valence-electron chi connectivity index (χ2n) is 25.0. The molecule has 0 N–H and O–H groups in total. The highest BCUT2D eigenvalue weighted by molar-refractivity contribution is 7.26. The molecule has 5 nitrogen and oxygen atoms in total. The SMILES string of the molecule is CC(C)(C)c1ccc(-c2cccc(-c3ccc(C(C)(C)C)cc3)c2N2CN(c3cc(Oc4ccc5c6c7sc8ccccc8c7ccc6n(-c6cc(C(C)(C)C)ccn6)c5c4)cc(C(C)(C)C)c3)c3ccccc32)cc1. The summed E-state index contributed by atoms with van der Waals surface area (Å²) in [5.74, 6) is 2.46. The van der Waals surface area contributed by atoms with E-state index in [-0.39, 0.29) is 21.7 Å². The van der Waals surface area contributed by atoms with Gasteiger partial charge in [-0.05, 0) is 116 Å². The van der Waals surface area contributed by atoms with Gasteiger partial charge in [0, 0.05) is 66.1 Å². The molecule has 0 unspecified atom stereocenters. The molecule has 0 aliphatic carbocycles. The summed E-state index contributed by atoms with van der Waals surface area (Å²) in [6.07, 6.45) is 1.96. The van der Waals surface area contributed by atoms with Crippen LogP contribution in [0.15, 0.2) is 182 Å². The van der Waals surface area contributed by atoms with Crippen LogP contribution in [-0.2, 0) is 21.7 Å². The van der Waals surface area contributed by atoms with Crippen LogP contribution in [0.3, 0.4) is 0 Å². The molecule has 3 aromatic heterocycles. The molecule has 4 heterocycles. The Hall–Kier alpha value is -7.67. The van der Waals surface area contributed by atoms with E-state index in [0.717, 1.165) is 45.4 Å².